The van der Waals surface area contributed by atoms with Gasteiger partial charge in [-0.2, -0.15) is 0 Å². The topological polar surface area (TPSA) is 49.9 Å². The van der Waals surface area contributed by atoms with Crippen molar-refractivity contribution < 1.29 is 14.3 Å². The standard InChI is InChI=1S/C15H28N2O3/c1-4-17(5-2)14(18)7-6-10-16-11-8-13(9-12-16)15(19)20-3/h13H,4-12H2,1-3H3. The number of methoxy groups -OCH3 is 1. The Labute approximate surface area is 122 Å². The molecule has 5 heteroatoms. The highest BCUT2D eigenvalue weighted by atomic mass is 16.5. The Morgan fingerprint density at radius 2 is 1.80 bits per heavy atom. The zero-order chi connectivity index (χ0) is 15.0. The summed E-state index contributed by atoms with van der Waals surface area (Å²) >= 11 is 0. The largest absolute Gasteiger partial charge is 0.469 e. The van der Waals surface area contributed by atoms with Crippen LogP contribution in [0, 0.1) is 5.92 Å². The van der Waals surface area contributed by atoms with E-state index in [2.05, 4.69) is 4.90 Å². The Bertz CT molecular complexity index is 308. The van der Waals surface area contributed by atoms with Crippen LogP contribution in [0.1, 0.15) is 39.5 Å². The van der Waals surface area contributed by atoms with Crippen LogP contribution in [0.2, 0.25) is 0 Å². The molecule has 1 saturated heterocycles. The van der Waals surface area contributed by atoms with Gasteiger partial charge in [-0.3, -0.25) is 9.59 Å². The quantitative estimate of drug-likeness (QED) is 0.665. The number of likely N-dealkylation sites (tertiary alicyclic amines) is 1. The lowest BCUT2D eigenvalue weighted by molar-refractivity contribution is -0.147. The fourth-order valence-electron chi connectivity index (χ4n) is 2.75. The molecule has 0 unspecified atom stereocenters. The summed E-state index contributed by atoms with van der Waals surface area (Å²) in [7, 11) is 1.45. The Morgan fingerprint density at radius 1 is 1.20 bits per heavy atom. The number of hydrogen-bond donors (Lipinski definition) is 0. The third-order valence-corrected chi connectivity index (χ3v) is 4.10. The minimum absolute atomic E-state index is 0.0635. The third kappa shape index (κ3) is 5.12. The first-order valence-electron chi connectivity index (χ1n) is 7.70. The Hall–Kier alpha value is -1.10. The van der Waals surface area contributed by atoms with Gasteiger partial charge in [0.2, 0.25) is 5.91 Å². The minimum Gasteiger partial charge on any atom is -0.469 e. The molecular formula is C15H28N2O3. The smallest absolute Gasteiger partial charge is 0.308 e. The predicted octanol–water partition coefficient (Wildman–Crippen LogP) is 1.52. The van der Waals surface area contributed by atoms with Gasteiger partial charge in [-0.05, 0) is 52.7 Å². The molecule has 1 aliphatic heterocycles. The van der Waals surface area contributed by atoms with Crippen molar-refractivity contribution in [3.8, 4) is 0 Å². The predicted molar refractivity (Wildman–Crippen MR) is 78.3 cm³/mol. The highest BCUT2D eigenvalue weighted by Gasteiger charge is 2.25. The number of hydrogen-bond acceptors (Lipinski definition) is 4. The second-order valence-electron chi connectivity index (χ2n) is 5.31. The number of piperidine rings is 1. The molecule has 0 bridgehead atoms. The first-order valence-corrected chi connectivity index (χ1v) is 7.70. The van der Waals surface area contributed by atoms with Gasteiger partial charge in [0.15, 0.2) is 0 Å². The van der Waals surface area contributed by atoms with Crippen molar-refractivity contribution >= 4 is 11.9 Å². The molecule has 5 nitrogen and oxygen atoms in total. The molecule has 1 fully saturated rings. The van der Waals surface area contributed by atoms with Crippen LogP contribution in [0.25, 0.3) is 0 Å². The molecule has 0 saturated carbocycles. The summed E-state index contributed by atoms with van der Waals surface area (Å²) in [6.07, 6.45) is 3.27. The molecular weight excluding hydrogens is 256 g/mol. The second kappa shape index (κ2) is 8.95. The molecule has 0 aromatic carbocycles. The van der Waals surface area contributed by atoms with Gasteiger partial charge in [-0.15, -0.1) is 0 Å². The van der Waals surface area contributed by atoms with E-state index in [9.17, 15) is 9.59 Å². The van der Waals surface area contributed by atoms with Gasteiger partial charge in [0.05, 0.1) is 13.0 Å². The number of rotatable bonds is 7. The van der Waals surface area contributed by atoms with Crippen molar-refractivity contribution in [3.05, 3.63) is 0 Å². The van der Waals surface area contributed by atoms with Gasteiger partial charge in [0.1, 0.15) is 0 Å². The number of esters is 1. The van der Waals surface area contributed by atoms with Crippen LogP contribution in [0.15, 0.2) is 0 Å². The van der Waals surface area contributed by atoms with Crippen LogP contribution in [-0.2, 0) is 14.3 Å². The van der Waals surface area contributed by atoms with Crippen LogP contribution >= 0.6 is 0 Å². The van der Waals surface area contributed by atoms with E-state index in [0.29, 0.717) is 6.42 Å². The van der Waals surface area contributed by atoms with Gasteiger partial charge >= 0.3 is 5.97 Å². The van der Waals surface area contributed by atoms with Gasteiger partial charge in [0, 0.05) is 19.5 Å². The maximum atomic E-state index is 11.9. The van der Waals surface area contributed by atoms with Crippen LogP contribution in [0.5, 0.6) is 0 Å². The van der Waals surface area contributed by atoms with Gasteiger partial charge in [-0.25, -0.2) is 0 Å². The number of amides is 1. The van der Waals surface area contributed by atoms with Crippen molar-refractivity contribution in [3.63, 3.8) is 0 Å². The Morgan fingerprint density at radius 3 is 2.30 bits per heavy atom. The molecule has 0 aromatic heterocycles. The van der Waals surface area contributed by atoms with Crippen molar-refractivity contribution in [2.45, 2.75) is 39.5 Å². The molecule has 0 atom stereocenters. The molecule has 1 aliphatic rings. The fraction of sp³-hybridized carbons (Fsp3) is 0.867. The van der Waals surface area contributed by atoms with E-state index in [0.717, 1.165) is 52.0 Å². The zero-order valence-corrected chi connectivity index (χ0v) is 13.1. The van der Waals surface area contributed by atoms with E-state index in [4.69, 9.17) is 4.74 Å². The van der Waals surface area contributed by atoms with Crippen LogP contribution in [0.4, 0.5) is 0 Å². The molecule has 1 rings (SSSR count). The van der Waals surface area contributed by atoms with Gasteiger partial charge in [0.25, 0.3) is 0 Å². The molecule has 0 N–H and O–H groups in total. The molecule has 0 aliphatic carbocycles. The highest BCUT2D eigenvalue weighted by Crippen LogP contribution is 2.18. The Kier molecular flexibility index (Phi) is 7.59. The lowest BCUT2D eigenvalue weighted by atomic mass is 9.97. The molecule has 116 valence electrons. The number of nitrogens with zero attached hydrogens (tertiary/aromatic N) is 2. The van der Waals surface area contributed by atoms with Crippen LogP contribution < -0.4 is 0 Å². The lowest BCUT2D eigenvalue weighted by Gasteiger charge is -2.30. The van der Waals surface area contributed by atoms with Gasteiger partial charge < -0.3 is 14.5 Å². The molecule has 0 radical (unpaired) electrons. The summed E-state index contributed by atoms with van der Waals surface area (Å²) in [4.78, 5) is 27.5. The van der Waals surface area contributed by atoms with Gasteiger partial charge in [-0.1, -0.05) is 0 Å². The van der Waals surface area contributed by atoms with E-state index >= 15 is 0 Å². The normalized spacial score (nSPS) is 16.9. The maximum Gasteiger partial charge on any atom is 0.308 e. The van der Waals surface area contributed by atoms with E-state index in [1.165, 1.54) is 7.11 Å². The Balaban J connectivity index is 2.18. The highest BCUT2D eigenvalue weighted by molar-refractivity contribution is 5.76. The molecule has 20 heavy (non-hydrogen) atoms. The first kappa shape index (κ1) is 17.0. The summed E-state index contributed by atoms with van der Waals surface area (Å²) in [5.74, 6) is 0.231. The van der Waals surface area contributed by atoms with E-state index < -0.39 is 0 Å². The first-order chi connectivity index (χ1) is 9.62. The lowest BCUT2D eigenvalue weighted by Crippen LogP contribution is -2.38. The number of ether oxygens (including phenoxy) is 1. The molecule has 0 spiro atoms. The number of carbonyl (C=O) groups excluding carboxylic acids is 2. The van der Waals surface area contributed by atoms with Crippen molar-refractivity contribution in [1.29, 1.82) is 0 Å². The summed E-state index contributed by atoms with van der Waals surface area (Å²) in [5, 5.41) is 0. The third-order valence-electron chi connectivity index (χ3n) is 4.10. The summed E-state index contributed by atoms with van der Waals surface area (Å²) in [6.45, 7) is 8.41. The summed E-state index contributed by atoms with van der Waals surface area (Å²) < 4.78 is 4.78. The molecule has 1 heterocycles. The SMILES string of the molecule is CCN(CC)C(=O)CCCN1CCC(C(=O)OC)CC1. The fourth-order valence-corrected chi connectivity index (χ4v) is 2.75. The summed E-state index contributed by atoms with van der Waals surface area (Å²) in [6, 6.07) is 0. The second-order valence-corrected chi connectivity index (χ2v) is 5.31. The maximum absolute atomic E-state index is 11.9. The van der Waals surface area contributed by atoms with Crippen LogP contribution in [0.3, 0.4) is 0 Å². The van der Waals surface area contributed by atoms with Crippen molar-refractivity contribution in [1.82, 2.24) is 9.80 Å². The van der Waals surface area contributed by atoms with E-state index in [1.807, 2.05) is 18.7 Å². The average Bonchev–Trinajstić information content (AvgIpc) is 2.48. The average molecular weight is 284 g/mol. The van der Waals surface area contributed by atoms with E-state index in [1.54, 1.807) is 0 Å². The van der Waals surface area contributed by atoms with E-state index in [-0.39, 0.29) is 17.8 Å². The molecule has 1 amide bonds. The minimum atomic E-state index is -0.0821. The summed E-state index contributed by atoms with van der Waals surface area (Å²) in [5.41, 5.74) is 0. The molecule has 0 aromatic rings. The van der Waals surface area contributed by atoms with Crippen molar-refractivity contribution in [2.24, 2.45) is 5.92 Å². The monoisotopic (exact) mass is 284 g/mol. The number of carbonyl (C=O) groups is 2. The van der Waals surface area contributed by atoms with Crippen LogP contribution in [-0.4, -0.2) is 61.5 Å². The zero-order valence-electron chi connectivity index (χ0n) is 13.1. The van der Waals surface area contributed by atoms with Crippen molar-refractivity contribution in [2.75, 3.05) is 39.8 Å².